The Bertz CT molecular complexity index is 857. The van der Waals surface area contributed by atoms with Crippen LogP contribution in [0.25, 0.3) is 11.3 Å². The summed E-state index contributed by atoms with van der Waals surface area (Å²) in [5.41, 5.74) is 14.0. The predicted octanol–water partition coefficient (Wildman–Crippen LogP) is 2.96. The van der Waals surface area contributed by atoms with Crippen LogP contribution in [0.2, 0.25) is 10.0 Å². The SMILES string of the molecule is Nc1nc(N2CC[C@@]34C(C[C@@H]3N)C24)cnc1-c1cccc(Cl)c1Cl. The average molecular weight is 362 g/mol. The lowest BCUT2D eigenvalue weighted by Crippen LogP contribution is -2.41. The number of rotatable bonds is 2. The van der Waals surface area contributed by atoms with Crippen molar-refractivity contribution < 1.29 is 0 Å². The number of nitrogen functional groups attached to an aromatic ring is 1. The summed E-state index contributed by atoms with van der Waals surface area (Å²) < 4.78 is 0. The monoisotopic (exact) mass is 361 g/mol. The van der Waals surface area contributed by atoms with Gasteiger partial charge in [-0.3, -0.25) is 0 Å². The maximum atomic E-state index is 6.28. The number of hydrogen-bond acceptors (Lipinski definition) is 5. The Morgan fingerprint density at radius 1 is 1.29 bits per heavy atom. The van der Waals surface area contributed by atoms with Crippen LogP contribution in [0.5, 0.6) is 0 Å². The molecule has 5 rings (SSSR count). The van der Waals surface area contributed by atoms with E-state index < -0.39 is 0 Å². The van der Waals surface area contributed by atoms with E-state index in [1.807, 2.05) is 12.1 Å². The van der Waals surface area contributed by atoms with Crippen LogP contribution in [0.4, 0.5) is 11.6 Å². The zero-order valence-electron chi connectivity index (χ0n) is 12.9. The Hall–Kier alpha value is -1.56. The summed E-state index contributed by atoms with van der Waals surface area (Å²) in [5, 5.41) is 0.920. The van der Waals surface area contributed by atoms with E-state index in [2.05, 4.69) is 14.9 Å². The summed E-state index contributed by atoms with van der Waals surface area (Å²) in [6, 6.07) is 6.26. The van der Waals surface area contributed by atoms with Crippen molar-refractivity contribution in [2.24, 2.45) is 17.1 Å². The molecule has 3 aliphatic rings. The first kappa shape index (κ1) is 14.8. The molecule has 124 valence electrons. The number of piperidine rings is 1. The molecule has 2 saturated carbocycles. The van der Waals surface area contributed by atoms with Gasteiger partial charge in [0.25, 0.3) is 0 Å². The molecule has 2 aromatic rings. The van der Waals surface area contributed by atoms with Crippen LogP contribution in [0, 0.1) is 11.3 Å². The molecular formula is C17H17Cl2N5. The number of nitrogens with zero attached hydrogens (tertiary/aromatic N) is 3. The molecule has 3 fully saturated rings. The van der Waals surface area contributed by atoms with Gasteiger partial charge in [0.2, 0.25) is 0 Å². The Labute approximate surface area is 150 Å². The van der Waals surface area contributed by atoms with Crippen LogP contribution in [-0.4, -0.2) is 28.6 Å². The standard InChI is InChI=1S/C17H17Cl2N5/c18-10-3-1-2-8(13(10)19)14-16(21)23-12(7-22-14)24-5-4-17-9(15(17)24)6-11(17)20/h1-3,7,9,11,15H,4-6,20H2,(H2,21,23)/t9?,11-,15?,17+/m0/s1. The zero-order valence-corrected chi connectivity index (χ0v) is 14.4. The maximum absolute atomic E-state index is 6.28. The van der Waals surface area contributed by atoms with Gasteiger partial charge in [-0.1, -0.05) is 35.3 Å². The van der Waals surface area contributed by atoms with Crippen LogP contribution in [-0.2, 0) is 0 Å². The smallest absolute Gasteiger partial charge is 0.152 e. The molecule has 0 radical (unpaired) electrons. The second-order valence-corrected chi connectivity index (χ2v) is 7.80. The minimum absolute atomic E-state index is 0.339. The summed E-state index contributed by atoms with van der Waals surface area (Å²) in [7, 11) is 0. The summed E-state index contributed by atoms with van der Waals surface area (Å²) in [6.45, 7) is 0.972. The molecule has 1 aliphatic heterocycles. The molecule has 2 unspecified atom stereocenters. The fraction of sp³-hybridized carbons (Fsp3) is 0.412. The largest absolute Gasteiger partial charge is 0.382 e. The number of anilines is 2. The van der Waals surface area contributed by atoms with Crippen LogP contribution in [0.15, 0.2) is 24.4 Å². The molecule has 1 aromatic heterocycles. The van der Waals surface area contributed by atoms with E-state index in [1.54, 1.807) is 12.3 Å². The van der Waals surface area contributed by atoms with Gasteiger partial charge in [0.1, 0.15) is 11.5 Å². The number of fused-ring (bicyclic) bond motifs is 1. The van der Waals surface area contributed by atoms with Crippen molar-refractivity contribution >= 4 is 34.8 Å². The van der Waals surface area contributed by atoms with Crippen molar-refractivity contribution in [3.8, 4) is 11.3 Å². The molecule has 24 heavy (non-hydrogen) atoms. The fourth-order valence-corrected chi connectivity index (χ4v) is 5.25. The summed E-state index contributed by atoms with van der Waals surface area (Å²) in [5.74, 6) is 1.93. The second kappa shape index (κ2) is 4.75. The van der Waals surface area contributed by atoms with Gasteiger partial charge in [0, 0.05) is 29.6 Å². The van der Waals surface area contributed by atoms with E-state index in [4.69, 9.17) is 34.7 Å². The van der Waals surface area contributed by atoms with Gasteiger partial charge >= 0.3 is 0 Å². The number of halogens is 2. The summed E-state index contributed by atoms with van der Waals surface area (Å²) in [6.07, 6.45) is 4.05. The lowest BCUT2D eigenvalue weighted by Gasteiger charge is -2.31. The topological polar surface area (TPSA) is 81.1 Å². The van der Waals surface area contributed by atoms with Crippen molar-refractivity contribution in [2.45, 2.75) is 24.9 Å². The van der Waals surface area contributed by atoms with Gasteiger partial charge < -0.3 is 16.4 Å². The Morgan fingerprint density at radius 2 is 2.12 bits per heavy atom. The van der Waals surface area contributed by atoms with Crippen molar-refractivity contribution in [3.05, 3.63) is 34.4 Å². The predicted molar refractivity (Wildman–Crippen MR) is 96.2 cm³/mol. The normalized spacial score (nSPS) is 33.0. The van der Waals surface area contributed by atoms with Crippen molar-refractivity contribution in [1.29, 1.82) is 0 Å². The highest BCUT2D eigenvalue weighted by Gasteiger charge is 2.79. The molecule has 4 N–H and O–H groups in total. The number of nitrogens with two attached hydrogens (primary N) is 2. The Morgan fingerprint density at radius 3 is 2.79 bits per heavy atom. The molecule has 0 bridgehead atoms. The van der Waals surface area contributed by atoms with Crippen molar-refractivity contribution in [3.63, 3.8) is 0 Å². The molecule has 1 spiro atoms. The highest BCUT2D eigenvalue weighted by molar-refractivity contribution is 6.43. The quantitative estimate of drug-likeness (QED) is 0.859. The van der Waals surface area contributed by atoms with Crippen LogP contribution in [0.3, 0.4) is 0 Å². The molecule has 2 aliphatic carbocycles. The Balaban J connectivity index is 1.49. The van der Waals surface area contributed by atoms with Crippen molar-refractivity contribution in [2.75, 3.05) is 17.2 Å². The lowest BCUT2D eigenvalue weighted by molar-refractivity contribution is 0.231. The van der Waals surface area contributed by atoms with Gasteiger partial charge in [0.15, 0.2) is 5.82 Å². The first-order valence-corrected chi connectivity index (χ1v) is 8.89. The van der Waals surface area contributed by atoms with E-state index in [0.29, 0.717) is 44.6 Å². The average Bonchev–Trinajstić information content (AvgIpc) is 2.89. The van der Waals surface area contributed by atoms with E-state index in [1.165, 1.54) is 0 Å². The third-order valence-electron chi connectivity index (χ3n) is 6.12. The third kappa shape index (κ3) is 1.70. The summed E-state index contributed by atoms with van der Waals surface area (Å²) >= 11 is 12.4. The van der Waals surface area contributed by atoms with Gasteiger partial charge in [0.05, 0.1) is 16.2 Å². The highest BCUT2D eigenvalue weighted by atomic mass is 35.5. The fourth-order valence-electron chi connectivity index (χ4n) is 4.86. The lowest BCUT2D eigenvalue weighted by atomic mass is 9.78. The molecule has 1 aromatic carbocycles. The number of aromatic nitrogens is 2. The van der Waals surface area contributed by atoms with E-state index >= 15 is 0 Å². The van der Waals surface area contributed by atoms with Crippen LogP contribution in [0.1, 0.15) is 12.8 Å². The van der Waals surface area contributed by atoms with Crippen LogP contribution < -0.4 is 16.4 Å². The van der Waals surface area contributed by atoms with Crippen molar-refractivity contribution in [1.82, 2.24) is 9.97 Å². The second-order valence-electron chi connectivity index (χ2n) is 7.01. The summed E-state index contributed by atoms with van der Waals surface area (Å²) in [4.78, 5) is 11.5. The highest BCUT2D eigenvalue weighted by Crippen LogP contribution is 2.73. The van der Waals surface area contributed by atoms with E-state index in [0.717, 1.165) is 31.1 Å². The first-order chi connectivity index (χ1) is 11.5. The molecule has 7 heteroatoms. The molecule has 4 atom stereocenters. The molecule has 1 saturated heterocycles. The maximum Gasteiger partial charge on any atom is 0.152 e. The first-order valence-electron chi connectivity index (χ1n) is 8.13. The number of benzene rings is 1. The third-order valence-corrected chi connectivity index (χ3v) is 6.94. The van der Waals surface area contributed by atoms with Gasteiger partial charge in [-0.25, -0.2) is 9.97 Å². The molecular weight excluding hydrogens is 345 g/mol. The van der Waals surface area contributed by atoms with Gasteiger partial charge in [-0.05, 0) is 24.8 Å². The molecule has 2 heterocycles. The zero-order chi connectivity index (χ0) is 16.6. The number of hydrogen-bond donors (Lipinski definition) is 2. The van der Waals surface area contributed by atoms with E-state index in [9.17, 15) is 0 Å². The Kier molecular flexibility index (Phi) is 2.92. The molecule has 5 nitrogen and oxygen atoms in total. The van der Waals surface area contributed by atoms with Crippen LogP contribution >= 0.6 is 23.2 Å². The minimum Gasteiger partial charge on any atom is -0.382 e. The molecule has 0 amide bonds. The minimum atomic E-state index is 0.339. The van der Waals surface area contributed by atoms with Gasteiger partial charge in [-0.15, -0.1) is 0 Å². The van der Waals surface area contributed by atoms with E-state index in [-0.39, 0.29) is 0 Å². The van der Waals surface area contributed by atoms with Gasteiger partial charge in [-0.2, -0.15) is 0 Å².